The molecule has 4 unspecified atom stereocenters. The number of hydrogen-bond donors (Lipinski definition) is 0. The molecule has 0 N–H and O–H groups in total. The Labute approximate surface area is 251 Å². The highest BCUT2D eigenvalue weighted by molar-refractivity contribution is 7.41. The summed E-state index contributed by atoms with van der Waals surface area (Å²) >= 11 is 0. The fraction of sp³-hybridized carbons (Fsp3) is 0.467. The first kappa shape index (κ1) is 34.1. The molecule has 3 rings (SSSR count). The van der Waals surface area contributed by atoms with E-state index >= 15 is 0 Å². The molecule has 1 fully saturated rings. The zero-order valence-electron chi connectivity index (χ0n) is 24.8. The maximum Gasteiger partial charge on any atom is 0.367 e. The van der Waals surface area contributed by atoms with Gasteiger partial charge in [-0.1, -0.05) is 67.6 Å². The van der Waals surface area contributed by atoms with E-state index in [2.05, 4.69) is 0 Å². The van der Waals surface area contributed by atoms with Crippen LogP contribution in [-0.4, -0.2) is 61.7 Å². The zero-order valence-corrected chi connectivity index (χ0v) is 25.7. The van der Waals surface area contributed by atoms with E-state index in [0.717, 1.165) is 18.2 Å². The van der Waals surface area contributed by atoms with Crippen molar-refractivity contribution >= 4 is 32.5 Å². The minimum Gasteiger partial charge on any atom is -0.465 e. The second-order valence-corrected chi connectivity index (χ2v) is 11.0. The molecule has 1 heterocycles. The monoisotopic (exact) mass is 620 g/mol. The van der Waals surface area contributed by atoms with Crippen molar-refractivity contribution in [3.05, 3.63) is 71.8 Å². The summed E-state index contributed by atoms with van der Waals surface area (Å²) in [6, 6.07) is 18.5. The summed E-state index contributed by atoms with van der Waals surface area (Å²) in [6.07, 6.45) is -3.60. The third-order valence-electron chi connectivity index (χ3n) is 6.43. The van der Waals surface area contributed by atoms with Crippen LogP contribution in [-0.2, 0) is 69.6 Å². The maximum absolute atomic E-state index is 13.5. The average Bonchev–Trinajstić information content (AvgIpc) is 2.98. The van der Waals surface area contributed by atoms with Crippen molar-refractivity contribution in [1.29, 1.82) is 0 Å². The van der Waals surface area contributed by atoms with Crippen LogP contribution in [0, 0.1) is 5.92 Å². The molecule has 0 radical (unpaired) electrons. The van der Waals surface area contributed by atoms with Crippen LogP contribution in [0.3, 0.4) is 0 Å². The lowest BCUT2D eigenvalue weighted by Gasteiger charge is -2.46. The van der Waals surface area contributed by atoms with Crippen molar-refractivity contribution in [2.24, 2.45) is 5.92 Å². The lowest BCUT2D eigenvalue weighted by atomic mass is 9.85. The van der Waals surface area contributed by atoms with E-state index in [1.165, 1.54) is 20.8 Å². The molecule has 1 aliphatic rings. The third-order valence-corrected chi connectivity index (χ3v) is 7.55. The SMILES string of the molecule is COC(=O)C1(OP(OCc2ccccc2)OCc2ccccc2)CC(OC(C)=O)C(C)C([C@H](COC(C)=O)OC(C)=O)O1. The number of methoxy groups -OCH3 is 1. The van der Waals surface area contributed by atoms with Gasteiger partial charge in [-0.25, -0.2) is 4.79 Å². The van der Waals surface area contributed by atoms with Crippen LogP contribution in [0.2, 0.25) is 0 Å². The van der Waals surface area contributed by atoms with E-state index in [1.807, 2.05) is 60.7 Å². The minimum absolute atomic E-state index is 0.0777. The van der Waals surface area contributed by atoms with Crippen LogP contribution < -0.4 is 0 Å². The second-order valence-electron chi connectivity index (χ2n) is 9.82. The van der Waals surface area contributed by atoms with Gasteiger partial charge >= 0.3 is 32.5 Å². The van der Waals surface area contributed by atoms with Gasteiger partial charge in [0.05, 0.1) is 26.7 Å². The van der Waals surface area contributed by atoms with E-state index in [4.69, 9.17) is 37.3 Å². The number of carbonyl (C=O) groups excluding carboxylic acids is 4. The smallest absolute Gasteiger partial charge is 0.367 e. The summed E-state index contributed by atoms with van der Waals surface area (Å²) in [5.74, 6) is -5.77. The Hall–Kier alpha value is -3.41. The molecule has 13 heteroatoms. The van der Waals surface area contributed by atoms with Gasteiger partial charge in [0.25, 0.3) is 5.79 Å². The molecule has 0 spiro atoms. The number of carbonyl (C=O) groups is 4. The summed E-state index contributed by atoms with van der Waals surface area (Å²) in [7, 11) is -1.16. The zero-order chi connectivity index (χ0) is 31.4. The first-order valence-electron chi connectivity index (χ1n) is 13.6. The number of esters is 4. The van der Waals surface area contributed by atoms with E-state index in [-0.39, 0.29) is 19.6 Å². The molecule has 234 valence electrons. The lowest BCUT2D eigenvalue weighted by Crippen LogP contribution is -2.61. The second kappa shape index (κ2) is 16.4. The first-order chi connectivity index (χ1) is 20.5. The first-order valence-corrected chi connectivity index (χ1v) is 14.7. The molecule has 2 aromatic carbocycles. The van der Waals surface area contributed by atoms with Crippen molar-refractivity contribution in [2.45, 2.75) is 71.4 Å². The fourth-order valence-electron chi connectivity index (χ4n) is 4.42. The van der Waals surface area contributed by atoms with Gasteiger partial charge in [0.1, 0.15) is 18.8 Å². The predicted octanol–water partition coefficient (Wildman–Crippen LogP) is 4.38. The van der Waals surface area contributed by atoms with Gasteiger partial charge in [0.15, 0.2) is 6.10 Å². The van der Waals surface area contributed by atoms with Crippen molar-refractivity contribution in [3.63, 3.8) is 0 Å². The Morgan fingerprint density at radius 1 is 0.884 bits per heavy atom. The Balaban J connectivity index is 1.99. The Bertz CT molecular complexity index is 1170. The van der Waals surface area contributed by atoms with Crippen LogP contribution in [0.25, 0.3) is 0 Å². The summed E-state index contributed by atoms with van der Waals surface area (Å²) < 4.78 is 45.8. The highest BCUT2D eigenvalue weighted by Gasteiger charge is 2.58. The minimum atomic E-state index is -2.30. The molecule has 1 aliphatic heterocycles. The Morgan fingerprint density at radius 3 is 1.91 bits per heavy atom. The molecule has 0 aromatic heterocycles. The maximum atomic E-state index is 13.5. The molecule has 1 saturated heterocycles. The number of benzene rings is 2. The molecular weight excluding hydrogens is 583 g/mol. The van der Waals surface area contributed by atoms with Gasteiger partial charge in [-0.3, -0.25) is 18.9 Å². The van der Waals surface area contributed by atoms with Crippen LogP contribution in [0.5, 0.6) is 0 Å². The van der Waals surface area contributed by atoms with Gasteiger partial charge in [-0.15, -0.1) is 0 Å². The largest absolute Gasteiger partial charge is 0.465 e. The Morgan fingerprint density at radius 2 is 1.44 bits per heavy atom. The van der Waals surface area contributed by atoms with Crippen molar-refractivity contribution in [1.82, 2.24) is 0 Å². The molecule has 5 atom stereocenters. The highest BCUT2D eigenvalue weighted by Crippen LogP contribution is 2.50. The number of rotatable bonds is 14. The molecule has 0 saturated carbocycles. The molecule has 0 bridgehead atoms. The molecule has 0 aliphatic carbocycles. The number of hydrogen-bond acceptors (Lipinski definition) is 12. The van der Waals surface area contributed by atoms with Crippen molar-refractivity contribution < 1.29 is 56.4 Å². The van der Waals surface area contributed by atoms with E-state index in [1.54, 1.807) is 6.92 Å². The number of ether oxygens (including phenoxy) is 5. The normalized spacial score (nSPS) is 22.3. The summed E-state index contributed by atoms with van der Waals surface area (Å²) in [5, 5.41) is 0. The highest BCUT2D eigenvalue weighted by atomic mass is 31.2. The summed E-state index contributed by atoms with van der Waals surface area (Å²) in [6.45, 7) is 5.04. The molecular formula is C30H37O12P. The van der Waals surface area contributed by atoms with E-state index in [0.29, 0.717) is 0 Å². The van der Waals surface area contributed by atoms with Gasteiger partial charge in [0.2, 0.25) is 0 Å². The van der Waals surface area contributed by atoms with Gasteiger partial charge in [0, 0.05) is 26.7 Å². The quantitative estimate of drug-likeness (QED) is 0.168. The predicted molar refractivity (Wildman–Crippen MR) is 152 cm³/mol. The van der Waals surface area contributed by atoms with Gasteiger partial charge in [-0.2, -0.15) is 0 Å². The topological polar surface area (TPSA) is 142 Å². The summed E-state index contributed by atoms with van der Waals surface area (Å²) in [4.78, 5) is 49.2. The fourth-order valence-corrected chi connectivity index (χ4v) is 5.54. The Kier molecular flexibility index (Phi) is 13.0. The summed E-state index contributed by atoms with van der Waals surface area (Å²) in [5.41, 5.74) is 1.64. The standard InChI is InChI=1S/C30H37O12P/c1-20-26(39-22(3)32)16-30(29(34)35-5,41-28(20)27(40-23(4)33)19-36-21(2)31)42-43(37-17-24-12-8-6-9-13-24)38-18-25-14-10-7-11-15-25/h6-15,20,26-28H,16-19H2,1-5H3/t20?,26?,27-,28?,30?/m0/s1. The van der Waals surface area contributed by atoms with E-state index in [9.17, 15) is 19.2 Å². The van der Waals surface area contributed by atoms with Crippen molar-refractivity contribution in [2.75, 3.05) is 13.7 Å². The van der Waals surface area contributed by atoms with Gasteiger partial charge < -0.3 is 32.7 Å². The molecule has 0 amide bonds. The van der Waals surface area contributed by atoms with E-state index < -0.39 is 69.1 Å². The molecule has 2 aromatic rings. The van der Waals surface area contributed by atoms with Crippen LogP contribution in [0.15, 0.2) is 60.7 Å². The van der Waals surface area contributed by atoms with Crippen LogP contribution in [0.4, 0.5) is 0 Å². The lowest BCUT2D eigenvalue weighted by molar-refractivity contribution is -0.294. The molecule has 12 nitrogen and oxygen atoms in total. The van der Waals surface area contributed by atoms with Gasteiger partial charge in [-0.05, 0) is 11.1 Å². The average molecular weight is 621 g/mol. The van der Waals surface area contributed by atoms with Crippen molar-refractivity contribution in [3.8, 4) is 0 Å². The van der Waals surface area contributed by atoms with Crippen LogP contribution in [0.1, 0.15) is 45.2 Å². The third kappa shape index (κ3) is 10.4. The van der Waals surface area contributed by atoms with Crippen LogP contribution >= 0.6 is 8.60 Å². The molecule has 43 heavy (non-hydrogen) atoms.